The van der Waals surface area contributed by atoms with E-state index in [-0.39, 0.29) is 28.4 Å². The number of non-ortho nitro benzene ring substituents is 1. The quantitative estimate of drug-likeness (QED) is 0.583. The van der Waals surface area contributed by atoms with Crippen LogP contribution in [0.1, 0.15) is 11.1 Å². The van der Waals surface area contributed by atoms with E-state index in [0.29, 0.717) is 0 Å². The third kappa shape index (κ3) is 4.88. The SMILES string of the molecule is COc1ccc(CNc2ccc([N+](=O)[O-])cc2S(C)(=O)=O)c(C(F)(F)F)c1. The van der Waals surface area contributed by atoms with Gasteiger partial charge in [-0.25, -0.2) is 8.42 Å². The number of methoxy groups -OCH3 is 1. The fraction of sp³-hybridized carbons (Fsp3) is 0.250. The Hall–Kier alpha value is -2.82. The smallest absolute Gasteiger partial charge is 0.416 e. The van der Waals surface area contributed by atoms with Crippen molar-refractivity contribution in [2.75, 3.05) is 18.7 Å². The van der Waals surface area contributed by atoms with Crippen LogP contribution in [-0.2, 0) is 22.6 Å². The Morgan fingerprint density at radius 1 is 1.19 bits per heavy atom. The third-order valence-electron chi connectivity index (χ3n) is 3.67. The molecule has 0 radical (unpaired) electrons. The van der Waals surface area contributed by atoms with Crippen LogP contribution in [0.4, 0.5) is 24.5 Å². The molecule has 0 saturated heterocycles. The van der Waals surface area contributed by atoms with Gasteiger partial charge in [0, 0.05) is 24.9 Å². The lowest BCUT2D eigenvalue weighted by atomic mass is 10.1. The van der Waals surface area contributed by atoms with Crippen LogP contribution in [0.3, 0.4) is 0 Å². The van der Waals surface area contributed by atoms with Crippen LogP contribution in [0.15, 0.2) is 41.3 Å². The van der Waals surface area contributed by atoms with Gasteiger partial charge < -0.3 is 10.1 Å². The van der Waals surface area contributed by atoms with Crippen molar-refractivity contribution < 1.29 is 31.2 Å². The number of hydrogen-bond acceptors (Lipinski definition) is 6. The molecule has 7 nitrogen and oxygen atoms in total. The summed E-state index contributed by atoms with van der Waals surface area (Å²) in [7, 11) is -2.61. The Labute approximate surface area is 152 Å². The Morgan fingerprint density at radius 3 is 2.37 bits per heavy atom. The minimum absolute atomic E-state index is 0.0261. The molecule has 2 aromatic carbocycles. The molecule has 0 amide bonds. The van der Waals surface area contributed by atoms with Gasteiger partial charge in [0.2, 0.25) is 0 Å². The summed E-state index contributed by atoms with van der Waals surface area (Å²) in [6, 6.07) is 6.46. The van der Waals surface area contributed by atoms with Gasteiger partial charge in [0.25, 0.3) is 5.69 Å². The number of benzene rings is 2. The van der Waals surface area contributed by atoms with Gasteiger partial charge in [0.1, 0.15) is 5.75 Å². The van der Waals surface area contributed by atoms with E-state index >= 15 is 0 Å². The van der Waals surface area contributed by atoms with E-state index in [1.807, 2.05) is 0 Å². The molecule has 2 rings (SSSR count). The average Bonchev–Trinajstić information content (AvgIpc) is 2.58. The molecule has 0 aliphatic rings. The van der Waals surface area contributed by atoms with E-state index in [2.05, 4.69) is 5.32 Å². The first-order chi connectivity index (χ1) is 12.4. The van der Waals surface area contributed by atoms with Crippen LogP contribution < -0.4 is 10.1 Å². The maximum atomic E-state index is 13.2. The lowest BCUT2D eigenvalue weighted by Crippen LogP contribution is -2.13. The molecule has 0 aliphatic carbocycles. The van der Waals surface area contributed by atoms with Gasteiger partial charge in [-0.3, -0.25) is 10.1 Å². The van der Waals surface area contributed by atoms with E-state index in [1.54, 1.807) is 0 Å². The van der Waals surface area contributed by atoms with E-state index in [1.165, 1.54) is 19.2 Å². The molecule has 0 aromatic heterocycles. The molecule has 11 heteroatoms. The molecule has 0 fully saturated rings. The summed E-state index contributed by atoms with van der Waals surface area (Å²) in [6.45, 7) is -0.348. The molecule has 2 aromatic rings. The highest BCUT2D eigenvalue weighted by Gasteiger charge is 2.33. The van der Waals surface area contributed by atoms with Crippen molar-refractivity contribution in [3.05, 3.63) is 57.6 Å². The molecule has 0 heterocycles. The second-order valence-corrected chi connectivity index (χ2v) is 7.57. The van der Waals surface area contributed by atoms with Crippen molar-refractivity contribution in [2.45, 2.75) is 17.6 Å². The van der Waals surface area contributed by atoms with Gasteiger partial charge in [-0.15, -0.1) is 0 Å². The first-order valence-corrected chi connectivity index (χ1v) is 9.29. The van der Waals surface area contributed by atoms with Crippen LogP contribution in [0.2, 0.25) is 0 Å². The van der Waals surface area contributed by atoms with Gasteiger partial charge in [-0.1, -0.05) is 6.07 Å². The number of alkyl halides is 3. The Balaban J connectivity index is 2.41. The lowest BCUT2D eigenvalue weighted by Gasteiger charge is -2.16. The van der Waals surface area contributed by atoms with Crippen LogP contribution >= 0.6 is 0 Å². The number of hydrogen-bond donors (Lipinski definition) is 1. The number of ether oxygens (including phenoxy) is 1. The average molecular weight is 404 g/mol. The Morgan fingerprint density at radius 2 is 1.85 bits per heavy atom. The lowest BCUT2D eigenvalue weighted by molar-refractivity contribution is -0.385. The molecule has 0 unspecified atom stereocenters. The van der Waals surface area contributed by atoms with Gasteiger partial charge in [-0.2, -0.15) is 13.2 Å². The normalized spacial score (nSPS) is 11.9. The molecule has 0 saturated carbocycles. The van der Waals surface area contributed by atoms with E-state index in [4.69, 9.17) is 4.74 Å². The van der Waals surface area contributed by atoms with Crippen LogP contribution in [0.25, 0.3) is 0 Å². The highest BCUT2D eigenvalue weighted by molar-refractivity contribution is 7.90. The Kier molecular flexibility index (Phi) is 5.64. The number of halogens is 3. The molecular formula is C16H15F3N2O5S. The maximum Gasteiger partial charge on any atom is 0.416 e. The highest BCUT2D eigenvalue weighted by Crippen LogP contribution is 2.35. The number of anilines is 1. The van der Waals surface area contributed by atoms with E-state index < -0.39 is 32.2 Å². The highest BCUT2D eigenvalue weighted by atomic mass is 32.2. The van der Waals surface area contributed by atoms with Crippen LogP contribution in [0.5, 0.6) is 5.75 Å². The fourth-order valence-electron chi connectivity index (χ4n) is 2.37. The largest absolute Gasteiger partial charge is 0.497 e. The first-order valence-electron chi connectivity index (χ1n) is 7.40. The summed E-state index contributed by atoms with van der Waals surface area (Å²) in [5, 5.41) is 13.4. The summed E-state index contributed by atoms with van der Waals surface area (Å²) < 4.78 is 68.3. The molecule has 0 atom stereocenters. The van der Waals surface area contributed by atoms with Crippen molar-refractivity contribution in [3.63, 3.8) is 0 Å². The summed E-state index contributed by atoms with van der Waals surface area (Å²) >= 11 is 0. The number of sulfone groups is 1. The number of nitrogens with zero attached hydrogens (tertiary/aromatic N) is 1. The van der Waals surface area contributed by atoms with Crippen molar-refractivity contribution in [1.29, 1.82) is 0 Å². The second-order valence-electron chi connectivity index (χ2n) is 5.58. The topological polar surface area (TPSA) is 98.5 Å². The number of nitro groups is 1. The molecule has 0 aliphatic heterocycles. The van der Waals surface area contributed by atoms with Gasteiger partial charge in [0.05, 0.1) is 28.2 Å². The van der Waals surface area contributed by atoms with E-state index in [0.717, 1.165) is 30.5 Å². The van der Waals surface area contributed by atoms with Crippen molar-refractivity contribution in [2.24, 2.45) is 0 Å². The molecule has 0 bridgehead atoms. The zero-order valence-electron chi connectivity index (χ0n) is 14.2. The van der Waals surface area contributed by atoms with Crippen molar-refractivity contribution in [1.82, 2.24) is 0 Å². The summed E-state index contributed by atoms with van der Waals surface area (Å²) in [4.78, 5) is 9.70. The molecule has 146 valence electrons. The minimum Gasteiger partial charge on any atom is -0.497 e. The number of nitro benzene ring substituents is 1. The predicted octanol–water partition coefficient (Wildman–Crippen LogP) is 3.64. The van der Waals surface area contributed by atoms with Gasteiger partial charge in [0.15, 0.2) is 9.84 Å². The number of rotatable bonds is 6. The second kappa shape index (κ2) is 7.43. The third-order valence-corrected chi connectivity index (χ3v) is 4.80. The standard InChI is InChI=1S/C16H15F3N2O5S/c1-26-12-5-3-10(13(8-12)16(17,18)19)9-20-14-6-4-11(21(22)23)7-15(14)27(2,24)25/h3-8,20H,9H2,1-2H3. The zero-order chi connectivity index (χ0) is 20.4. The van der Waals surface area contributed by atoms with E-state index in [9.17, 15) is 31.7 Å². The van der Waals surface area contributed by atoms with Gasteiger partial charge >= 0.3 is 6.18 Å². The summed E-state index contributed by atoms with van der Waals surface area (Å²) in [5.74, 6) is 0.0261. The molecular weight excluding hydrogens is 389 g/mol. The Bertz CT molecular complexity index is 975. The fourth-order valence-corrected chi connectivity index (χ4v) is 3.24. The van der Waals surface area contributed by atoms with Crippen LogP contribution in [0, 0.1) is 10.1 Å². The molecule has 27 heavy (non-hydrogen) atoms. The monoisotopic (exact) mass is 404 g/mol. The first kappa shape index (κ1) is 20.5. The minimum atomic E-state index is -4.64. The number of nitrogens with one attached hydrogen (secondary N) is 1. The molecule has 1 N–H and O–H groups in total. The zero-order valence-corrected chi connectivity index (χ0v) is 15.0. The van der Waals surface area contributed by atoms with Crippen LogP contribution in [-0.4, -0.2) is 26.7 Å². The summed E-state index contributed by atoms with van der Waals surface area (Å²) in [5.41, 5.74) is -1.55. The van der Waals surface area contributed by atoms with Crippen molar-refractivity contribution >= 4 is 21.2 Å². The predicted molar refractivity (Wildman–Crippen MR) is 91.5 cm³/mol. The molecule has 0 spiro atoms. The maximum absolute atomic E-state index is 13.2. The van der Waals surface area contributed by atoms with Crippen molar-refractivity contribution in [3.8, 4) is 5.75 Å². The van der Waals surface area contributed by atoms with Gasteiger partial charge in [-0.05, 0) is 23.8 Å². The summed E-state index contributed by atoms with van der Waals surface area (Å²) in [6.07, 6.45) is -3.79.